The van der Waals surface area contributed by atoms with E-state index in [4.69, 9.17) is 0 Å². The molecule has 0 heterocycles. The molecule has 1 aliphatic carbocycles. The predicted molar refractivity (Wildman–Crippen MR) is 75.6 cm³/mol. The normalized spacial score (nSPS) is 26.5. The Balaban J connectivity index is 1.92. The molecule has 3 nitrogen and oxygen atoms in total. The molecule has 2 N–H and O–H groups in total. The van der Waals surface area contributed by atoms with E-state index in [1.54, 1.807) is 0 Å². The van der Waals surface area contributed by atoms with Gasteiger partial charge in [0.05, 0.1) is 11.5 Å². The summed E-state index contributed by atoms with van der Waals surface area (Å²) in [5.74, 6) is 0. The van der Waals surface area contributed by atoms with Gasteiger partial charge >= 0.3 is 0 Å². The number of benzene rings is 1. The molecule has 0 spiro atoms. The Kier molecular flexibility index (Phi) is 3.93. The second kappa shape index (κ2) is 5.32. The van der Waals surface area contributed by atoms with Crippen LogP contribution >= 0.6 is 0 Å². The Hall–Kier alpha value is -1.37. The molecule has 0 amide bonds. The second-order valence-electron chi connectivity index (χ2n) is 6.37. The highest BCUT2D eigenvalue weighted by Gasteiger charge is 2.46. The highest BCUT2D eigenvalue weighted by molar-refractivity contribution is 5.36. The van der Waals surface area contributed by atoms with Crippen LogP contribution in [0, 0.1) is 16.7 Å². The lowest BCUT2D eigenvalue weighted by Gasteiger charge is -2.44. The van der Waals surface area contributed by atoms with Crippen molar-refractivity contribution in [2.24, 2.45) is 5.41 Å². The highest BCUT2D eigenvalue weighted by atomic mass is 16.3. The smallest absolute Gasteiger partial charge is 0.0852 e. The Labute approximate surface area is 115 Å². The third-order valence-electron chi connectivity index (χ3n) is 4.03. The zero-order chi connectivity index (χ0) is 13.9. The summed E-state index contributed by atoms with van der Waals surface area (Å²) < 4.78 is 0. The van der Waals surface area contributed by atoms with Crippen molar-refractivity contribution in [3.05, 3.63) is 35.9 Å². The number of nitrogens with zero attached hydrogens (tertiary/aromatic N) is 1. The lowest BCUT2D eigenvalue weighted by atomic mass is 9.62. The standard InChI is InChI=1S/C16H22N2O/c1-15(2,12-19)11-18-14-8-16(9-14,10-17)13-6-4-3-5-7-13/h3-7,14,18-19H,8-9,11-12H2,1-2H3. The quantitative estimate of drug-likeness (QED) is 0.851. The molecule has 3 heteroatoms. The first-order valence-electron chi connectivity index (χ1n) is 6.82. The number of aliphatic hydroxyl groups excluding tert-OH is 1. The van der Waals surface area contributed by atoms with Crippen molar-refractivity contribution in [3.8, 4) is 6.07 Å². The number of aliphatic hydroxyl groups is 1. The van der Waals surface area contributed by atoms with E-state index >= 15 is 0 Å². The fourth-order valence-corrected chi connectivity index (χ4v) is 2.55. The monoisotopic (exact) mass is 258 g/mol. The molecular weight excluding hydrogens is 236 g/mol. The first-order chi connectivity index (χ1) is 9.01. The number of hydrogen-bond donors (Lipinski definition) is 2. The van der Waals surface area contributed by atoms with Crippen molar-refractivity contribution in [1.82, 2.24) is 5.32 Å². The average molecular weight is 258 g/mol. The van der Waals surface area contributed by atoms with E-state index < -0.39 is 0 Å². The Bertz CT molecular complexity index is 455. The van der Waals surface area contributed by atoms with Crippen molar-refractivity contribution in [2.75, 3.05) is 13.2 Å². The summed E-state index contributed by atoms with van der Waals surface area (Å²) in [7, 11) is 0. The zero-order valence-corrected chi connectivity index (χ0v) is 11.7. The third-order valence-corrected chi connectivity index (χ3v) is 4.03. The van der Waals surface area contributed by atoms with Crippen molar-refractivity contribution in [1.29, 1.82) is 5.26 Å². The van der Waals surface area contributed by atoms with E-state index in [0.29, 0.717) is 6.04 Å². The molecule has 1 fully saturated rings. The maximum absolute atomic E-state index is 9.46. The molecule has 1 saturated carbocycles. The first kappa shape index (κ1) is 14.0. The number of nitriles is 1. The Morgan fingerprint density at radius 1 is 1.37 bits per heavy atom. The van der Waals surface area contributed by atoms with Gasteiger partial charge in [0.2, 0.25) is 0 Å². The summed E-state index contributed by atoms with van der Waals surface area (Å²) in [5.41, 5.74) is 0.705. The van der Waals surface area contributed by atoms with Crippen LogP contribution in [0.15, 0.2) is 30.3 Å². The van der Waals surface area contributed by atoms with Crippen LogP contribution in [-0.2, 0) is 5.41 Å². The molecule has 0 atom stereocenters. The summed E-state index contributed by atoms with van der Waals surface area (Å²) in [6, 6.07) is 12.9. The first-order valence-corrected chi connectivity index (χ1v) is 6.82. The summed E-state index contributed by atoms with van der Waals surface area (Å²) in [5, 5.41) is 22.2. The van der Waals surface area contributed by atoms with Gasteiger partial charge in [-0.15, -0.1) is 0 Å². The summed E-state index contributed by atoms with van der Waals surface area (Å²) in [4.78, 5) is 0. The van der Waals surface area contributed by atoms with Crippen LogP contribution in [0.3, 0.4) is 0 Å². The molecule has 19 heavy (non-hydrogen) atoms. The molecule has 0 saturated heterocycles. The van der Waals surface area contributed by atoms with Crippen LogP contribution in [0.1, 0.15) is 32.3 Å². The minimum Gasteiger partial charge on any atom is -0.396 e. The van der Waals surface area contributed by atoms with Gasteiger partial charge in [-0.1, -0.05) is 44.2 Å². The molecule has 1 aliphatic rings. The van der Waals surface area contributed by atoms with Crippen LogP contribution < -0.4 is 5.32 Å². The van der Waals surface area contributed by atoms with Gasteiger partial charge < -0.3 is 10.4 Å². The Morgan fingerprint density at radius 2 is 2.00 bits per heavy atom. The van der Waals surface area contributed by atoms with Gasteiger partial charge in [-0.25, -0.2) is 0 Å². The molecule has 0 aromatic heterocycles. The number of rotatable bonds is 5. The fraction of sp³-hybridized carbons (Fsp3) is 0.562. The lowest BCUT2D eigenvalue weighted by Crippen LogP contribution is -2.53. The molecule has 1 aromatic rings. The lowest BCUT2D eigenvalue weighted by molar-refractivity contribution is 0.135. The highest BCUT2D eigenvalue weighted by Crippen LogP contribution is 2.43. The minimum atomic E-state index is -0.317. The maximum Gasteiger partial charge on any atom is 0.0852 e. The molecule has 0 unspecified atom stereocenters. The molecule has 102 valence electrons. The fourth-order valence-electron chi connectivity index (χ4n) is 2.55. The molecule has 0 aliphatic heterocycles. The molecule has 0 radical (unpaired) electrons. The molecular formula is C16H22N2O. The van der Waals surface area contributed by atoms with Gasteiger partial charge in [0.15, 0.2) is 0 Å². The van der Waals surface area contributed by atoms with Gasteiger partial charge in [-0.2, -0.15) is 5.26 Å². The summed E-state index contributed by atoms with van der Waals surface area (Å²) in [6.45, 7) is 5.03. The van der Waals surface area contributed by atoms with Crippen molar-refractivity contribution < 1.29 is 5.11 Å². The van der Waals surface area contributed by atoms with E-state index in [1.807, 2.05) is 44.2 Å². The van der Waals surface area contributed by atoms with Crippen molar-refractivity contribution in [2.45, 2.75) is 38.1 Å². The topological polar surface area (TPSA) is 56.0 Å². The van der Waals surface area contributed by atoms with Crippen LogP contribution in [0.5, 0.6) is 0 Å². The Morgan fingerprint density at radius 3 is 2.53 bits per heavy atom. The van der Waals surface area contributed by atoms with E-state index in [9.17, 15) is 10.4 Å². The molecule has 0 bridgehead atoms. The SMILES string of the molecule is CC(C)(CO)CNC1CC(C#N)(c2ccccc2)C1. The minimum absolute atomic E-state index is 0.0996. The van der Waals surface area contributed by atoms with Gasteiger partial charge in [0, 0.05) is 24.6 Å². The van der Waals surface area contributed by atoms with Gasteiger partial charge in [-0.05, 0) is 18.4 Å². The van der Waals surface area contributed by atoms with Crippen LogP contribution in [0.4, 0.5) is 0 Å². The van der Waals surface area contributed by atoms with Crippen molar-refractivity contribution in [3.63, 3.8) is 0 Å². The van der Waals surface area contributed by atoms with E-state index in [-0.39, 0.29) is 17.4 Å². The third kappa shape index (κ3) is 2.97. The van der Waals surface area contributed by atoms with Gasteiger partial charge in [0.1, 0.15) is 0 Å². The average Bonchev–Trinajstić information content (AvgIpc) is 2.39. The zero-order valence-electron chi connectivity index (χ0n) is 11.7. The number of hydrogen-bond acceptors (Lipinski definition) is 3. The van der Waals surface area contributed by atoms with E-state index in [0.717, 1.165) is 24.9 Å². The van der Waals surface area contributed by atoms with E-state index in [2.05, 4.69) is 11.4 Å². The van der Waals surface area contributed by atoms with Gasteiger partial charge in [0.25, 0.3) is 0 Å². The number of nitrogens with one attached hydrogen (secondary N) is 1. The van der Waals surface area contributed by atoms with Crippen LogP contribution in [0.2, 0.25) is 0 Å². The van der Waals surface area contributed by atoms with Crippen LogP contribution in [0.25, 0.3) is 0 Å². The molecule has 2 rings (SSSR count). The summed E-state index contributed by atoms with van der Waals surface area (Å²) >= 11 is 0. The summed E-state index contributed by atoms with van der Waals surface area (Å²) in [6.07, 6.45) is 1.71. The second-order valence-corrected chi connectivity index (χ2v) is 6.37. The molecule has 1 aromatic carbocycles. The predicted octanol–water partition coefficient (Wildman–Crippen LogP) is 2.22. The maximum atomic E-state index is 9.46. The van der Waals surface area contributed by atoms with E-state index in [1.165, 1.54) is 0 Å². The van der Waals surface area contributed by atoms with Crippen LogP contribution in [-0.4, -0.2) is 24.3 Å². The largest absolute Gasteiger partial charge is 0.396 e. The van der Waals surface area contributed by atoms with Gasteiger partial charge in [-0.3, -0.25) is 0 Å². The van der Waals surface area contributed by atoms with Crippen molar-refractivity contribution >= 4 is 0 Å².